The highest BCUT2D eigenvalue weighted by molar-refractivity contribution is 5.90. The summed E-state index contributed by atoms with van der Waals surface area (Å²) < 4.78 is 93.3. The van der Waals surface area contributed by atoms with Gasteiger partial charge in [-0.2, -0.15) is 0 Å². The van der Waals surface area contributed by atoms with Gasteiger partial charge in [0.2, 0.25) is 29.9 Å². The molecule has 3 aliphatic rings. The van der Waals surface area contributed by atoms with Crippen LogP contribution in [-0.4, -0.2) is 151 Å². The van der Waals surface area contributed by atoms with E-state index in [9.17, 15) is 48.3 Å². The SMILES string of the molecule is CC(=O)Oc1cc(O[C@@H]2O[C@@H](C)[C@H](OC(C)=O)[C@@H](OC(C)=O)[C@H]2OC(C)=O)cc2oc(-c3ccc(O)cc3)c(O[C@@H]3O[C@@H](C)[C@H](OC(C)=O)[C@@H](OC(C)=O)[C@H]3O[C@@H]3OC[C@@H](OC(C)=O)[C@H](OC(C)=O)[C@H]3OC(C)=O)c(=O)c12. The molecule has 77 heavy (non-hydrogen) atoms. The van der Waals surface area contributed by atoms with E-state index in [1.807, 2.05) is 0 Å². The Bertz CT molecular complexity index is 2800. The van der Waals surface area contributed by atoms with Gasteiger partial charge in [-0.05, 0) is 38.1 Å². The number of aromatic hydroxyl groups is 1. The largest absolute Gasteiger partial charge is 0.508 e. The third-order valence-electron chi connectivity index (χ3n) is 11.3. The number of esters is 9. The molecular formula is C50H56O27. The van der Waals surface area contributed by atoms with E-state index in [2.05, 4.69) is 0 Å². The summed E-state index contributed by atoms with van der Waals surface area (Å²) in [5.41, 5.74) is -1.43. The number of phenolic OH excluding ortho intramolecular Hbond substituents is 1. The fourth-order valence-corrected chi connectivity index (χ4v) is 8.64. The Morgan fingerprint density at radius 1 is 0.506 bits per heavy atom. The van der Waals surface area contributed by atoms with Crippen molar-refractivity contribution in [1.29, 1.82) is 0 Å². The van der Waals surface area contributed by atoms with E-state index in [4.69, 9.17) is 75.5 Å². The Labute approximate surface area is 437 Å². The van der Waals surface area contributed by atoms with Crippen LogP contribution in [0, 0.1) is 0 Å². The van der Waals surface area contributed by atoms with E-state index in [0.29, 0.717) is 0 Å². The molecule has 0 spiro atoms. The van der Waals surface area contributed by atoms with Crippen LogP contribution in [-0.2, 0) is 100.0 Å². The summed E-state index contributed by atoms with van der Waals surface area (Å²) in [5, 5.41) is 9.82. The second-order valence-electron chi connectivity index (χ2n) is 17.6. The number of fused-ring (bicyclic) bond motifs is 1. The maximum absolute atomic E-state index is 15.3. The standard InChI is InChI=1S/C50H56O27/c1-19-38(67-23(5)53)43(70-26(8)56)46(73-29(11)59)49(63-19)74-32-16-33(65-21(3)51)36-34(17-32)75-40(30-12-14-31(60)15-13-30)42(37(36)61)76-50-47(44(71-27(9)57)39(20(2)64-50)68-24(6)54)77-48-45(72-28(10)58)41(69-25(7)55)35(18-62-48)66-22(4)52/h12-17,19-20,35,38-39,41,43-50,60H,18H2,1-11H3/t19-,20-,35+,38-,39-,41-,43+,44+,45+,46+,47+,48-,49-,50-/m0/s1. The molecule has 0 radical (unpaired) electrons. The Morgan fingerprint density at radius 3 is 1.44 bits per heavy atom. The quantitative estimate of drug-likeness (QED) is 0.122. The minimum absolute atomic E-state index is 0.0409. The van der Waals surface area contributed by atoms with Gasteiger partial charge in [-0.1, -0.05) is 0 Å². The molecule has 1 N–H and O–H groups in total. The molecule has 418 valence electrons. The first kappa shape index (κ1) is 58.4. The first-order chi connectivity index (χ1) is 36.2. The lowest BCUT2D eigenvalue weighted by atomic mass is 9.98. The van der Waals surface area contributed by atoms with Crippen molar-refractivity contribution >= 4 is 64.7 Å². The van der Waals surface area contributed by atoms with Gasteiger partial charge in [-0.15, -0.1) is 0 Å². The first-order valence-corrected chi connectivity index (χ1v) is 23.6. The smallest absolute Gasteiger partial charge is 0.308 e. The van der Waals surface area contributed by atoms with Crippen LogP contribution in [0.4, 0.5) is 0 Å². The molecule has 4 heterocycles. The number of ether oxygens (including phenoxy) is 15. The van der Waals surface area contributed by atoms with Gasteiger partial charge in [0, 0.05) is 80.0 Å². The monoisotopic (exact) mass is 1090 g/mol. The summed E-state index contributed by atoms with van der Waals surface area (Å²) in [7, 11) is 0. The summed E-state index contributed by atoms with van der Waals surface area (Å²) in [6, 6.07) is 7.32. The van der Waals surface area contributed by atoms with Crippen LogP contribution in [0.2, 0.25) is 0 Å². The average Bonchev–Trinajstić information content (AvgIpc) is 3.30. The molecule has 0 bridgehead atoms. The van der Waals surface area contributed by atoms with Gasteiger partial charge >= 0.3 is 53.7 Å². The minimum atomic E-state index is -1.97. The van der Waals surface area contributed by atoms with Crippen LogP contribution < -0.4 is 19.6 Å². The number of hydrogen-bond acceptors (Lipinski definition) is 27. The van der Waals surface area contributed by atoms with E-state index >= 15 is 4.79 Å². The second-order valence-corrected chi connectivity index (χ2v) is 17.6. The number of hydrogen-bond donors (Lipinski definition) is 1. The van der Waals surface area contributed by atoms with Crippen molar-refractivity contribution in [3.8, 4) is 34.3 Å². The molecule has 2 aromatic carbocycles. The summed E-state index contributed by atoms with van der Waals surface area (Å²) in [6.45, 7) is 11.7. The van der Waals surface area contributed by atoms with Crippen molar-refractivity contribution in [2.75, 3.05) is 6.61 Å². The van der Waals surface area contributed by atoms with Crippen LogP contribution >= 0.6 is 0 Å². The van der Waals surface area contributed by atoms with Gasteiger partial charge < -0.3 is 80.6 Å². The molecule has 0 unspecified atom stereocenters. The molecule has 3 aromatic rings. The maximum Gasteiger partial charge on any atom is 0.308 e. The zero-order valence-corrected chi connectivity index (χ0v) is 43.3. The van der Waals surface area contributed by atoms with Crippen LogP contribution in [0.15, 0.2) is 45.6 Å². The Kier molecular flexibility index (Phi) is 18.8. The molecule has 0 amide bonds. The number of phenols is 1. The van der Waals surface area contributed by atoms with Gasteiger partial charge in [-0.25, -0.2) is 0 Å². The third-order valence-corrected chi connectivity index (χ3v) is 11.3. The van der Waals surface area contributed by atoms with Crippen LogP contribution in [0.25, 0.3) is 22.3 Å². The number of carbonyl (C=O) groups excluding carboxylic acids is 9. The highest BCUT2D eigenvalue weighted by atomic mass is 16.8. The molecule has 3 saturated heterocycles. The van der Waals surface area contributed by atoms with Crippen molar-refractivity contribution < 1.29 is 124 Å². The van der Waals surface area contributed by atoms with Crippen molar-refractivity contribution in [3.63, 3.8) is 0 Å². The molecule has 27 nitrogen and oxygen atoms in total. The van der Waals surface area contributed by atoms with Gasteiger partial charge in [0.1, 0.15) is 28.2 Å². The number of benzene rings is 2. The fraction of sp³-hybridized carbons (Fsp3) is 0.520. The van der Waals surface area contributed by atoms with E-state index in [1.165, 1.54) is 38.1 Å². The zero-order valence-electron chi connectivity index (χ0n) is 43.3. The lowest BCUT2D eigenvalue weighted by molar-refractivity contribution is -0.344. The normalized spacial score (nSPS) is 27.8. The van der Waals surface area contributed by atoms with E-state index in [1.54, 1.807) is 0 Å². The van der Waals surface area contributed by atoms with Crippen molar-refractivity contribution in [3.05, 3.63) is 46.6 Å². The predicted octanol–water partition coefficient (Wildman–Crippen LogP) is 2.53. The van der Waals surface area contributed by atoms with Crippen molar-refractivity contribution in [2.24, 2.45) is 0 Å². The molecule has 3 fully saturated rings. The molecule has 6 rings (SSSR count). The Balaban J connectivity index is 1.54. The Hall–Kier alpha value is -7.88. The Morgan fingerprint density at radius 2 is 0.948 bits per heavy atom. The molecule has 14 atom stereocenters. The van der Waals surface area contributed by atoms with Gasteiger partial charge in [0.05, 0.1) is 18.8 Å². The van der Waals surface area contributed by atoms with Crippen LogP contribution in [0.5, 0.6) is 23.0 Å². The lowest BCUT2D eigenvalue weighted by Gasteiger charge is -2.46. The van der Waals surface area contributed by atoms with Gasteiger partial charge in [0.15, 0.2) is 60.9 Å². The fourth-order valence-electron chi connectivity index (χ4n) is 8.64. The summed E-state index contributed by atoms with van der Waals surface area (Å²) in [5.74, 6) is -10.2. The average molecular weight is 1090 g/mol. The minimum Gasteiger partial charge on any atom is -0.508 e. The summed E-state index contributed by atoms with van der Waals surface area (Å²) in [6.07, 6.45) is -22.1. The topological polar surface area (TPSA) is 343 Å². The number of carbonyl (C=O) groups is 9. The van der Waals surface area contributed by atoms with Crippen molar-refractivity contribution in [2.45, 2.75) is 162 Å². The maximum atomic E-state index is 15.3. The summed E-state index contributed by atoms with van der Waals surface area (Å²) in [4.78, 5) is 128. The zero-order chi connectivity index (χ0) is 56.7. The highest BCUT2D eigenvalue weighted by Gasteiger charge is 2.56. The van der Waals surface area contributed by atoms with Crippen LogP contribution in [0.1, 0.15) is 76.2 Å². The van der Waals surface area contributed by atoms with E-state index in [0.717, 1.165) is 74.4 Å². The molecular weight excluding hydrogens is 1030 g/mol. The molecule has 1 aromatic heterocycles. The predicted molar refractivity (Wildman–Crippen MR) is 250 cm³/mol. The van der Waals surface area contributed by atoms with Crippen molar-refractivity contribution in [1.82, 2.24) is 0 Å². The van der Waals surface area contributed by atoms with E-state index in [-0.39, 0.29) is 22.6 Å². The molecule has 3 aliphatic heterocycles. The molecule has 0 saturated carbocycles. The lowest BCUT2D eigenvalue weighted by Crippen LogP contribution is -2.65. The molecule has 27 heteroatoms. The molecule has 0 aliphatic carbocycles. The first-order valence-electron chi connectivity index (χ1n) is 23.6. The third kappa shape index (κ3) is 14.5. The second kappa shape index (κ2) is 24.9. The van der Waals surface area contributed by atoms with E-state index < -0.39 is 174 Å². The summed E-state index contributed by atoms with van der Waals surface area (Å²) >= 11 is 0. The van der Waals surface area contributed by atoms with Crippen LogP contribution in [0.3, 0.4) is 0 Å². The number of rotatable bonds is 16. The highest BCUT2D eigenvalue weighted by Crippen LogP contribution is 2.41. The van der Waals surface area contributed by atoms with Gasteiger partial charge in [0.25, 0.3) is 0 Å². The van der Waals surface area contributed by atoms with Gasteiger partial charge in [-0.3, -0.25) is 47.9 Å².